The van der Waals surface area contributed by atoms with Crippen molar-refractivity contribution in [1.82, 2.24) is 14.7 Å². The van der Waals surface area contributed by atoms with Crippen LogP contribution < -0.4 is 0 Å². The average Bonchev–Trinajstić information content (AvgIpc) is 2.68. The molecule has 1 aromatic carbocycles. The van der Waals surface area contributed by atoms with Crippen LogP contribution in [0.4, 0.5) is 0 Å². The number of hydrogen-bond acceptors (Lipinski definition) is 4. The molecule has 0 spiro atoms. The maximum absolute atomic E-state index is 12.4. The van der Waals surface area contributed by atoms with Crippen molar-refractivity contribution >= 4 is 11.8 Å². The number of morpholine rings is 1. The van der Waals surface area contributed by atoms with Crippen molar-refractivity contribution in [3.05, 3.63) is 35.9 Å². The Bertz CT molecular complexity index is 565. The van der Waals surface area contributed by atoms with Gasteiger partial charge in [-0.05, 0) is 5.56 Å². The molecule has 2 aliphatic heterocycles. The molecule has 136 valence electrons. The molecule has 0 N–H and O–H groups in total. The standard InChI is InChI=1S/C19H27N3O3/c23-18(6-7-19(24)22-12-14-25-15-13-22)21-10-8-20(9-11-21)16-17-4-2-1-3-5-17/h1-5H,6-16H2. The van der Waals surface area contributed by atoms with Crippen LogP contribution in [0.25, 0.3) is 0 Å². The van der Waals surface area contributed by atoms with E-state index in [0.29, 0.717) is 39.1 Å². The van der Waals surface area contributed by atoms with E-state index in [0.717, 1.165) is 32.7 Å². The molecule has 2 aliphatic rings. The molecule has 0 bridgehead atoms. The summed E-state index contributed by atoms with van der Waals surface area (Å²) in [6.45, 7) is 6.69. The van der Waals surface area contributed by atoms with Gasteiger partial charge < -0.3 is 14.5 Å². The van der Waals surface area contributed by atoms with Gasteiger partial charge in [0.15, 0.2) is 0 Å². The van der Waals surface area contributed by atoms with Gasteiger partial charge in [-0.15, -0.1) is 0 Å². The van der Waals surface area contributed by atoms with Crippen LogP contribution in [0.3, 0.4) is 0 Å². The number of amides is 2. The zero-order valence-electron chi connectivity index (χ0n) is 14.7. The van der Waals surface area contributed by atoms with Gasteiger partial charge in [0.1, 0.15) is 0 Å². The van der Waals surface area contributed by atoms with Crippen LogP contribution >= 0.6 is 0 Å². The molecule has 0 aromatic heterocycles. The summed E-state index contributed by atoms with van der Waals surface area (Å²) in [5.41, 5.74) is 1.30. The summed E-state index contributed by atoms with van der Waals surface area (Å²) in [4.78, 5) is 30.6. The molecule has 6 nitrogen and oxygen atoms in total. The van der Waals surface area contributed by atoms with Gasteiger partial charge in [-0.1, -0.05) is 30.3 Å². The summed E-state index contributed by atoms with van der Waals surface area (Å²) in [7, 11) is 0. The molecule has 2 saturated heterocycles. The van der Waals surface area contributed by atoms with Crippen molar-refractivity contribution in [3.8, 4) is 0 Å². The summed E-state index contributed by atoms with van der Waals surface area (Å²) in [6.07, 6.45) is 0.623. The van der Waals surface area contributed by atoms with E-state index in [1.54, 1.807) is 4.90 Å². The molecule has 2 fully saturated rings. The zero-order chi connectivity index (χ0) is 17.5. The Morgan fingerprint density at radius 1 is 0.800 bits per heavy atom. The third-order valence-electron chi connectivity index (χ3n) is 4.89. The lowest BCUT2D eigenvalue weighted by Gasteiger charge is -2.35. The van der Waals surface area contributed by atoms with Crippen molar-refractivity contribution in [1.29, 1.82) is 0 Å². The SMILES string of the molecule is O=C(CCC(=O)N1CCN(Cc2ccccc2)CC1)N1CCOCC1. The molecule has 0 aliphatic carbocycles. The number of nitrogens with zero attached hydrogens (tertiary/aromatic N) is 3. The maximum Gasteiger partial charge on any atom is 0.223 e. The second-order valence-corrected chi connectivity index (χ2v) is 6.64. The lowest BCUT2D eigenvalue weighted by Crippen LogP contribution is -2.48. The first kappa shape index (κ1) is 17.9. The van der Waals surface area contributed by atoms with E-state index in [1.807, 2.05) is 11.0 Å². The minimum atomic E-state index is 0.0689. The molecule has 3 rings (SSSR count). The summed E-state index contributed by atoms with van der Waals surface area (Å²) >= 11 is 0. The first-order valence-electron chi connectivity index (χ1n) is 9.12. The van der Waals surface area contributed by atoms with Crippen molar-refractivity contribution in [2.45, 2.75) is 19.4 Å². The quantitative estimate of drug-likeness (QED) is 0.798. The van der Waals surface area contributed by atoms with Crippen LogP contribution in [0.15, 0.2) is 30.3 Å². The highest BCUT2D eigenvalue weighted by molar-refractivity contribution is 5.84. The summed E-state index contributed by atoms with van der Waals surface area (Å²) in [6, 6.07) is 10.4. The van der Waals surface area contributed by atoms with E-state index in [2.05, 4.69) is 29.2 Å². The number of carbonyl (C=O) groups is 2. The number of hydrogen-bond donors (Lipinski definition) is 0. The van der Waals surface area contributed by atoms with E-state index in [9.17, 15) is 9.59 Å². The van der Waals surface area contributed by atoms with E-state index in [4.69, 9.17) is 4.74 Å². The molecule has 2 heterocycles. The van der Waals surface area contributed by atoms with E-state index >= 15 is 0 Å². The van der Waals surface area contributed by atoms with Gasteiger partial charge >= 0.3 is 0 Å². The van der Waals surface area contributed by atoms with Gasteiger partial charge in [-0.2, -0.15) is 0 Å². The summed E-state index contributed by atoms with van der Waals surface area (Å²) in [5.74, 6) is 0.167. The first-order chi connectivity index (χ1) is 12.2. The number of rotatable bonds is 5. The van der Waals surface area contributed by atoms with Gasteiger partial charge in [0, 0.05) is 58.7 Å². The number of carbonyl (C=O) groups excluding carboxylic acids is 2. The van der Waals surface area contributed by atoms with Gasteiger partial charge in [-0.3, -0.25) is 14.5 Å². The van der Waals surface area contributed by atoms with Gasteiger partial charge in [0.2, 0.25) is 11.8 Å². The molecule has 2 amide bonds. The topological polar surface area (TPSA) is 53.1 Å². The van der Waals surface area contributed by atoms with Gasteiger partial charge in [0.05, 0.1) is 13.2 Å². The fraction of sp³-hybridized carbons (Fsp3) is 0.579. The van der Waals surface area contributed by atoms with E-state index in [1.165, 1.54) is 5.56 Å². The van der Waals surface area contributed by atoms with Crippen LogP contribution in [0.5, 0.6) is 0 Å². The van der Waals surface area contributed by atoms with Crippen molar-refractivity contribution in [2.24, 2.45) is 0 Å². The third kappa shape index (κ3) is 5.28. The number of ether oxygens (including phenoxy) is 1. The molecule has 0 atom stereocenters. The van der Waals surface area contributed by atoms with Gasteiger partial charge in [-0.25, -0.2) is 0 Å². The van der Waals surface area contributed by atoms with Crippen molar-refractivity contribution in [2.75, 3.05) is 52.5 Å². The van der Waals surface area contributed by atoms with E-state index < -0.39 is 0 Å². The zero-order valence-corrected chi connectivity index (χ0v) is 14.7. The smallest absolute Gasteiger partial charge is 0.223 e. The Morgan fingerprint density at radius 3 is 1.96 bits per heavy atom. The maximum atomic E-state index is 12.4. The monoisotopic (exact) mass is 345 g/mol. The second kappa shape index (κ2) is 8.97. The molecular formula is C19H27N3O3. The van der Waals surface area contributed by atoms with Gasteiger partial charge in [0.25, 0.3) is 0 Å². The normalized spacial score (nSPS) is 19.0. The third-order valence-corrected chi connectivity index (χ3v) is 4.89. The molecule has 0 saturated carbocycles. The van der Waals surface area contributed by atoms with Crippen molar-refractivity contribution in [3.63, 3.8) is 0 Å². The molecule has 6 heteroatoms. The Kier molecular flexibility index (Phi) is 6.42. The fourth-order valence-electron chi connectivity index (χ4n) is 3.34. The van der Waals surface area contributed by atoms with Crippen LogP contribution in [-0.4, -0.2) is 79.0 Å². The second-order valence-electron chi connectivity index (χ2n) is 6.64. The molecule has 1 aromatic rings. The number of benzene rings is 1. The minimum Gasteiger partial charge on any atom is -0.378 e. The summed E-state index contributed by atoms with van der Waals surface area (Å²) < 4.78 is 5.25. The highest BCUT2D eigenvalue weighted by Gasteiger charge is 2.23. The predicted molar refractivity (Wildman–Crippen MR) is 94.9 cm³/mol. The molecular weight excluding hydrogens is 318 g/mol. The highest BCUT2D eigenvalue weighted by atomic mass is 16.5. The summed E-state index contributed by atoms with van der Waals surface area (Å²) in [5, 5.41) is 0. The lowest BCUT2D eigenvalue weighted by atomic mass is 10.2. The first-order valence-corrected chi connectivity index (χ1v) is 9.12. The van der Waals surface area contributed by atoms with Crippen LogP contribution in [0, 0.1) is 0 Å². The van der Waals surface area contributed by atoms with Crippen LogP contribution in [-0.2, 0) is 20.9 Å². The lowest BCUT2D eigenvalue weighted by molar-refractivity contribution is -0.140. The average molecular weight is 345 g/mol. The fourth-order valence-corrected chi connectivity index (χ4v) is 3.34. The largest absolute Gasteiger partial charge is 0.378 e. The van der Waals surface area contributed by atoms with Crippen LogP contribution in [0.1, 0.15) is 18.4 Å². The Labute approximate surface area is 149 Å². The van der Waals surface area contributed by atoms with Crippen LogP contribution in [0.2, 0.25) is 0 Å². The molecule has 25 heavy (non-hydrogen) atoms. The van der Waals surface area contributed by atoms with E-state index in [-0.39, 0.29) is 11.8 Å². The Morgan fingerprint density at radius 2 is 1.36 bits per heavy atom. The Hall–Kier alpha value is -1.92. The molecule has 0 unspecified atom stereocenters. The highest BCUT2D eigenvalue weighted by Crippen LogP contribution is 2.10. The predicted octanol–water partition coefficient (Wildman–Crippen LogP) is 0.970. The van der Waals surface area contributed by atoms with Crippen molar-refractivity contribution < 1.29 is 14.3 Å². The Balaban J connectivity index is 1.37. The molecule has 0 radical (unpaired) electrons. The number of piperazine rings is 1. The minimum absolute atomic E-state index is 0.0689.